The third kappa shape index (κ3) is 4.96. The average Bonchev–Trinajstić information content (AvgIpc) is 2.17. The van der Waals surface area contributed by atoms with Crippen molar-refractivity contribution in [1.82, 2.24) is 0 Å². The lowest BCUT2D eigenvalue weighted by Crippen LogP contribution is -2.40. The average molecular weight is 250 g/mol. The maximum atomic E-state index is 11.1. The SMILES string of the molecule is C=CC[C@H]1C[C@H](N)C[C@@H](CC(=O)OC)O1.Cl. The monoisotopic (exact) mass is 249 g/mol. The molecule has 4 nitrogen and oxygen atoms in total. The molecule has 94 valence electrons. The van der Waals surface area contributed by atoms with E-state index in [2.05, 4.69) is 11.3 Å². The largest absolute Gasteiger partial charge is 0.469 e. The highest BCUT2D eigenvalue weighted by Crippen LogP contribution is 2.23. The van der Waals surface area contributed by atoms with E-state index < -0.39 is 0 Å². The summed E-state index contributed by atoms with van der Waals surface area (Å²) in [7, 11) is 1.38. The Morgan fingerprint density at radius 3 is 2.75 bits per heavy atom. The zero-order chi connectivity index (χ0) is 11.3. The zero-order valence-electron chi connectivity index (χ0n) is 9.56. The van der Waals surface area contributed by atoms with E-state index in [0.29, 0.717) is 0 Å². The molecule has 1 fully saturated rings. The van der Waals surface area contributed by atoms with E-state index in [9.17, 15) is 4.79 Å². The van der Waals surface area contributed by atoms with Gasteiger partial charge < -0.3 is 15.2 Å². The van der Waals surface area contributed by atoms with E-state index in [1.165, 1.54) is 7.11 Å². The summed E-state index contributed by atoms with van der Waals surface area (Å²) >= 11 is 0. The van der Waals surface area contributed by atoms with Gasteiger partial charge in [-0.3, -0.25) is 4.79 Å². The van der Waals surface area contributed by atoms with Gasteiger partial charge >= 0.3 is 5.97 Å². The van der Waals surface area contributed by atoms with Crippen molar-refractivity contribution in [3.63, 3.8) is 0 Å². The number of hydrogen-bond donors (Lipinski definition) is 1. The summed E-state index contributed by atoms with van der Waals surface area (Å²) in [4.78, 5) is 11.1. The maximum Gasteiger partial charge on any atom is 0.308 e. The summed E-state index contributed by atoms with van der Waals surface area (Å²) in [5.74, 6) is -0.244. The molecular weight excluding hydrogens is 230 g/mol. The van der Waals surface area contributed by atoms with Crippen LogP contribution in [0.5, 0.6) is 0 Å². The van der Waals surface area contributed by atoms with Gasteiger partial charge in [0.2, 0.25) is 0 Å². The minimum absolute atomic E-state index is 0. The molecule has 0 saturated carbocycles. The molecule has 0 aromatic rings. The van der Waals surface area contributed by atoms with Gasteiger partial charge in [0.1, 0.15) is 0 Å². The Morgan fingerprint density at radius 2 is 2.19 bits per heavy atom. The molecule has 0 aromatic heterocycles. The fourth-order valence-corrected chi connectivity index (χ4v) is 1.89. The molecule has 0 aromatic carbocycles. The number of esters is 1. The van der Waals surface area contributed by atoms with Gasteiger partial charge in [0.25, 0.3) is 0 Å². The third-order valence-electron chi connectivity index (χ3n) is 2.57. The number of carbonyl (C=O) groups is 1. The number of hydrogen-bond acceptors (Lipinski definition) is 4. The van der Waals surface area contributed by atoms with Crippen molar-refractivity contribution in [1.29, 1.82) is 0 Å². The summed E-state index contributed by atoms with van der Waals surface area (Å²) in [6.07, 6.45) is 4.44. The second kappa shape index (κ2) is 7.65. The summed E-state index contributed by atoms with van der Waals surface area (Å²) in [5.41, 5.74) is 5.90. The molecule has 1 rings (SSSR count). The van der Waals surface area contributed by atoms with Crippen molar-refractivity contribution < 1.29 is 14.3 Å². The first-order valence-corrected chi connectivity index (χ1v) is 5.24. The Morgan fingerprint density at radius 1 is 1.56 bits per heavy atom. The number of methoxy groups -OCH3 is 1. The molecule has 1 aliphatic heterocycles. The highest BCUT2D eigenvalue weighted by atomic mass is 35.5. The second-order valence-electron chi connectivity index (χ2n) is 3.92. The molecule has 1 saturated heterocycles. The molecule has 0 spiro atoms. The van der Waals surface area contributed by atoms with E-state index in [-0.39, 0.29) is 43.0 Å². The molecule has 0 amide bonds. The summed E-state index contributed by atoms with van der Waals surface area (Å²) in [6.45, 7) is 3.67. The van der Waals surface area contributed by atoms with Crippen molar-refractivity contribution in [3.8, 4) is 0 Å². The van der Waals surface area contributed by atoms with Crippen LogP contribution in [0.2, 0.25) is 0 Å². The molecular formula is C11H20ClNO3. The molecule has 1 heterocycles. The second-order valence-corrected chi connectivity index (χ2v) is 3.92. The van der Waals surface area contributed by atoms with Gasteiger partial charge in [0.15, 0.2) is 0 Å². The zero-order valence-corrected chi connectivity index (χ0v) is 10.4. The van der Waals surface area contributed by atoms with Crippen LogP contribution in [0.25, 0.3) is 0 Å². The van der Waals surface area contributed by atoms with Gasteiger partial charge in [-0.05, 0) is 19.3 Å². The van der Waals surface area contributed by atoms with Crippen molar-refractivity contribution >= 4 is 18.4 Å². The smallest absolute Gasteiger partial charge is 0.308 e. The lowest BCUT2D eigenvalue weighted by molar-refractivity contribution is -0.147. The number of nitrogens with two attached hydrogens (primary N) is 1. The van der Waals surface area contributed by atoms with Crippen LogP contribution in [-0.4, -0.2) is 31.3 Å². The quantitative estimate of drug-likeness (QED) is 0.605. The normalized spacial score (nSPS) is 29.0. The van der Waals surface area contributed by atoms with E-state index in [1.807, 2.05) is 6.08 Å². The molecule has 3 atom stereocenters. The van der Waals surface area contributed by atoms with Gasteiger partial charge in [0, 0.05) is 6.04 Å². The first kappa shape index (κ1) is 15.4. The Bertz CT molecular complexity index is 235. The van der Waals surface area contributed by atoms with E-state index >= 15 is 0 Å². The topological polar surface area (TPSA) is 61.6 Å². The van der Waals surface area contributed by atoms with Gasteiger partial charge in [-0.2, -0.15) is 0 Å². The van der Waals surface area contributed by atoms with Crippen molar-refractivity contribution in [3.05, 3.63) is 12.7 Å². The molecule has 2 N–H and O–H groups in total. The molecule has 0 unspecified atom stereocenters. The van der Waals surface area contributed by atoms with Crippen LogP contribution in [0.1, 0.15) is 25.7 Å². The van der Waals surface area contributed by atoms with Crippen molar-refractivity contribution in [2.24, 2.45) is 5.73 Å². The number of carbonyl (C=O) groups excluding carboxylic acids is 1. The Hall–Kier alpha value is -0.580. The summed E-state index contributed by atoms with van der Waals surface area (Å²) in [5, 5.41) is 0. The molecule has 0 radical (unpaired) electrons. The summed E-state index contributed by atoms with van der Waals surface area (Å²) < 4.78 is 10.3. The Balaban J connectivity index is 0.00000225. The minimum atomic E-state index is -0.244. The molecule has 1 aliphatic rings. The molecule has 5 heteroatoms. The highest BCUT2D eigenvalue weighted by molar-refractivity contribution is 5.85. The fourth-order valence-electron chi connectivity index (χ4n) is 1.89. The standard InChI is InChI=1S/C11H19NO3.ClH/c1-3-4-9-5-8(12)6-10(15-9)7-11(13)14-2;/h3,8-10H,1,4-7,12H2,2H3;1H/t8-,9-,10-;/m0./s1. The number of halogens is 1. The molecule has 16 heavy (non-hydrogen) atoms. The van der Waals surface area contributed by atoms with Crippen molar-refractivity contribution in [2.45, 2.75) is 43.9 Å². The van der Waals surface area contributed by atoms with E-state index in [1.54, 1.807) is 0 Å². The van der Waals surface area contributed by atoms with Crippen LogP contribution in [0.4, 0.5) is 0 Å². The van der Waals surface area contributed by atoms with Crippen molar-refractivity contribution in [2.75, 3.05) is 7.11 Å². The first-order valence-electron chi connectivity index (χ1n) is 5.24. The van der Waals surface area contributed by atoms with Gasteiger partial charge in [-0.15, -0.1) is 19.0 Å². The lowest BCUT2D eigenvalue weighted by Gasteiger charge is -2.32. The first-order chi connectivity index (χ1) is 7.15. The predicted molar refractivity (Wildman–Crippen MR) is 64.6 cm³/mol. The maximum absolute atomic E-state index is 11.1. The highest BCUT2D eigenvalue weighted by Gasteiger charge is 2.28. The van der Waals surface area contributed by atoms with Gasteiger partial charge in [0.05, 0.1) is 25.7 Å². The van der Waals surface area contributed by atoms with Gasteiger partial charge in [-0.1, -0.05) is 6.08 Å². The molecule has 0 aliphatic carbocycles. The lowest BCUT2D eigenvalue weighted by atomic mass is 9.96. The van der Waals surface area contributed by atoms with Crippen LogP contribution >= 0.6 is 12.4 Å². The van der Waals surface area contributed by atoms with Crippen LogP contribution in [-0.2, 0) is 14.3 Å². The minimum Gasteiger partial charge on any atom is -0.469 e. The van der Waals surface area contributed by atoms with Gasteiger partial charge in [-0.25, -0.2) is 0 Å². The van der Waals surface area contributed by atoms with E-state index in [4.69, 9.17) is 10.5 Å². The Kier molecular flexibility index (Phi) is 7.38. The summed E-state index contributed by atoms with van der Waals surface area (Å²) in [6, 6.07) is 0.110. The van der Waals surface area contributed by atoms with Crippen LogP contribution in [0, 0.1) is 0 Å². The number of ether oxygens (including phenoxy) is 2. The van der Waals surface area contributed by atoms with Crippen LogP contribution in [0.3, 0.4) is 0 Å². The van der Waals surface area contributed by atoms with Crippen LogP contribution in [0.15, 0.2) is 12.7 Å². The van der Waals surface area contributed by atoms with E-state index in [0.717, 1.165) is 19.3 Å². The molecule has 0 bridgehead atoms. The van der Waals surface area contributed by atoms with Crippen LogP contribution < -0.4 is 5.73 Å². The number of rotatable bonds is 4. The fraction of sp³-hybridized carbons (Fsp3) is 0.727. The third-order valence-corrected chi connectivity index (χ3v) is 2.57. The Labute approximate surface area is 103 Å². The predicted octanol–water partition coefficient (Wildman–Crippen LogP) is 1.42.